The summed E-state index contributed by atoms with van der Waals surface area (Å²) in [5.74, 6) is 0.702. The van der Waals surface area contributed by atoms with Crippen LogP contribution in [0.1, 0.15) is 56.0 Å². The highest BCUT2D eigenvalue weighted by molar-refractivity contribution is 6.42. The van der Waals surface area contributed by atoms with Crippen molar-refractivity contribution in [3.63, 3.8) is 0 Å². The van der Waals surface area contributed by atoms with Crippen molar-refractivity contribution < 1.29 is 28.9 Å². The number of carbonyl (C=O) groups excluding carboxylic acids is 2. The van der Waals surface area contributed by atoms with Gasteiger partial charge in [-0.05, 0) is 100 Å². The highest BCUT2D eigenvalue weighted by Gasteiger charge is 2.30. The van der Waals surface area contributed by atoms with E-state index >= 15 is 0 Å². The molecule has 4 atom stereocenters. The maximum Gasteiger partial charge on any atom is 0.323 e. The molecule has 0 saturated heterocycles. The van der Waals surface area contributed by atoms with Gasteiger partial charge in [0, 0.05) is 43.5 Å². The molecule has 0 radical (unpaired) electrons. The van der Waals surface area contributed by atoms with Gasteiger partial charge in [0.25, 0.3) is 5.91 Å². The van der Waals surface area contributed by atoms with Crippen molar-refractivity contribution in [2.45, 2.75) is 64.8 Å². The molecule has 0 aromatic heterocycles. The number of ether oxygens (including phenoxy) is 3. The molecule has 3 aromatic rings. The number of urea groups is 1. The average molecular weight is 716 g/mol. The van der Waals surface area contributed by atoms with E-state index < -0.39 is 12.1 Å². The first kappa shape index (κ1) is 38.3. The number of benzene rings is 3. The summed E-state index contributed by atoms with van der Waals surface area (Å²) in [4.78, 5) is 31.1. The molecule has 1 heterocycles. The summed E-state index contributed by atoms with van der Waals surface area (Å²) in [5.41, 5.74) is 2.34. The first-order valence-corrected chi connectivity index (χ1v) is 17.4. The van der Waals surface area contributed by atoms with E-state index in [2.05, 4.69) is 22.5 Å². The number of hydrogen-bond acceptors (Lipinski definition) is 7. The fourth-order valence-corrected chi connectivity index (χ4v) is 6.07. The molecule has 3 aromatic carbocycles. The Morgan fingerprint density at radius 1 is 1.04 bits per heavy atom. The molecule has 0 saturated carbocycles. The molecule has 0 aliphatic carbocycles. The predicted octanol–water partition coefficient (Wildman–Crippen LogP) is 7.57. The number of aliphatic hydroxyl groups is 1. The van der Waals surface area contributed by atoms with Gasteiger partial charge in [0.2, 0.25) is 0 Å². The average Bonchev–Trinajstić information content (AvgIpc) is 3.08. The van der Waals surface area contributed by atoms with Crippen LogP contribution >= 0.6 is 23.2 Å². The highest BCUT2D eigenvalue weighted by atomic mass is 35.5. The van der Waals surface area contributed by atoms with Gasteiger partial charge < -0.3 is 34.9 Å². The zero-order valence-corrected chi connectivity index (χ0v) is 30.4. The van der Waals surface area contributed by atoms with Crippen LogP contribution in [0.25, 0.3) is 0 Å². The summed E-state index contributed by atoms with van der Waals surface area (Å²) in [6.07, 6.45) is 2.17. The lowest BCUT2D eigenvalue weighted by molar-refractivity contribution is -0.0177. The molecule has 10 nitrogen and oxygen atoms in total. The molecule has 0 bridgehead atoms. The second-order valence-corrected chi connectivity index (χ2v) is 13.6. The molecule has 1 aliphatic rings. The highest BCUT2D eigenvalue weighted by Crippen LogP contribution is 2.29. The van der Waals surface area contributed by atoms with Crippen molar-refractivity contribution in [2.75, 3.05) is 51.1 Å². The largest absolute Gasteiger partial charge is 0.497 e. The van der Waals surface area contributed by atoms with Gasteiger partial charge in [0.15, 0.2) is 0 Å². The van der Waals surface area contributed by atoms with Gasteiger partial charge in [-0.3, -0.25) is 9.69 Å². The number of carbonyl (C=O) groups is 2. The van der Waals surface area contributed by atoms with Crippen LogP contribution < -0.4 is 20.1 Å². The topological polar surface area (TPSA) is 113 Å². The van der Waals surface area contributed by atoms with E-state index in [0.717, 1.165) is 24.8 Å². The SMILES string of the molecule is COc1ccc(NC(=O)Nc2ccc3c(c2)C(=O)N([C@@H](C)CO)C[C@@H](C)[C@H](CN(C)Cc2ccc(Cl)c(Cl)c2)OCCCC[C@@H](C)O3)cc1. The van der Waals surface area contributed by atoms with Crippen molar-refractivity contribution in [3.8, 4) is 11.5 Å². The lowest BCUT2D eigenvalue weighted by Gasteiger charge is -2.36. The Balaban J connectivity index is 1.57. The van der Waals surface area contributed by atoms with Gasteiger partial charge in [0.05, 0.1) is 47.6 Å². The minimum atomic E-state index is -0.488. The summed E-state index contributed by atoms with van der Waals surface area (Å²) in [6.45, 7) is 7.80. The third kappa shape index (κ3) is 11.2. The number of likely N-dealkylation sites (N-methyl/N-ethyl adjacent to an activating group) is 1. The lowest BCUT2D eigenvalue weighted by atomic mass is 10.0. The van der Waals surface area contributed by atoms with Gasteiger partial charge in [-0.15, -0.1) is 0 Å². The molecule has 266 valence electrons. The number of aliphatic hydroxyl groups excluding tert-OH is 1. The molecule has 0 unspecified atom stereocenters. The van der Waals surface area contributed by atoms with Crippen molar-refractivity contribution in [1.29, 1.82) is 0 Å². The molecule has 3 N–H and O–H groups in total. The minimum absolute atomic E-state index is 0.0861. The molecule has 0 fully saturated rings. The van der Waals surface area contributed by atoms with E-state index in [0.29, 0.717) is 64.7 Å². The predicted molar refractivity (Wildman–Crippen MR) is 195 cm³/mol. The van der Waals surface area contributed by atoms with Crippen LogP contribution in [0, 0.1) is 5.92 Å². The van der Waals surface area contributed by atoms with E-state index in [1.807, 2.05) is 33.0 Å². The third-order valence-corrected chi connectivity index (χ3v) is 9.32. The Kier molecular flexibility index (Phi) is 14.4. The fourth-order valence-electron chi connectivity index (χ4n) is 5.75. The quantitative estimate of drug-likeness (QED) is 0.210. The Bertz CT molecular complexity index is 1540. The van der Waals surface area contributed by atoms with Crippen LogP contribution in [0.2, 0.25) is 10.0 Å². The van der Waals surface area contributed by atoms with Crippen LogP contribution in [0.5, 0.6) is 11.5 Å². The Labute approximate surface area is 299 Å². The van der Waals surface area contributed by atoms with E-state index in [1.54, 1.807) is 60.5 Å². The van der Waals surface area contributed by atoms with Crippen LogP contribution in [0.3, 0.4) is 0 Å². The van der Waals surface area contributed by atoms with Crippen LogP contribution in [-0.2, 0) is 11.3 Å². The molecule has 1 aliphatic heterocycles. The lowest BCUT2D eigenvalue weighted by Crippen LogP contribution is -2.47. The third-order valence-electron chi connectivity index (χ3n) is 8.59. The number of methoxy groups -OCH3 is 1. The maximum atomic E-state index is 14.4. The van der Waals surface area contributed by atoms with Gasteiger partial charge in [-0.1, -0.05) is 36.2 Å². The van der Waals surface area contributed by atoms with Gasteiger partial charge in [-0.25, -0.2) is 4.79 Å². The van der Waals surface area contributed by atoms with Crippen LogP contribution in [0.4, 0.5) is 16.2 Å². The number of hydrogen-bond donors (Lipinski definition) is 3. The van der Waals surface area contributed by atoms with E-state index in [1.165, 1.54) is 0 Å². The number of fused-ring (bicyclic) bond motifs is 1. The zero-order chi connectivity index (χ0) is 35.5. The summed E-state index contributed by atoms with van der Waals surface area (Å²) >= 11 is 12.4. The standard InChI is InChI=1S/C37H48Cl2N4O6/c1-24-20-43(25(2)23-44)36(45)31-19-29(41-37(46)40-28-10-13-30(47-5)14-11-28)12-16-34(31)49-26(3)8-6-7-17-48-35(24)22-42(4)21-27-9-15-32(38)33(39)18-27/h9-16,18-19,24-26,35,44H,6-8,17,20-23H2,1-5H3,(H2,40,41,46)/t24-,25+,26-,35+/m1/s1. The monoisotopic (exact) mass is 714 g/mol. The molecule has 4 rings (SSSR count). The minimum Gasteiger partial charge on any atom is -0.497 e. The second kappa shape index (κ2) is 18.5. The summed E-state index contributed by atoms with van der Waals surface area (Å²) in [5, 5.41) is 16.9. The molecular formula is C37H48Cl2N4O6. The van der Waals surface area contributed by atoms with Crippen molar-refractivity contribution in [1.82, 2.24) is 9.80 Å². The van der Waals surface area contributed by atoms with E-state index in [4.69, 9.17) is 37.4 Å². The van der Waals surface area contributed by atoms with Crippen molar-refractivity contribution >= 4 is 46.5 Å². The summed E-state index contributed by atoms with van der Waals surface area (Å²) < 4.78 is 18.0. The first-order valence-electron chi connectivity index (χ1n) is 16.7. The first-order chi connectivity index (χ1) is 23.5. The molecule has 3 amide bonds. The van der Waals surface area contributed by atoms with Crippen molar-refractivity contribution in [2.24, 2.45) is 5.92 Å². The summed E-state index contributed by atoms with van der Waals surface area (Å²) in [6, 6.07) is 16.7. The van der Waals surface area contributed by atoms with Crippen LogP contribution in [-0.4, -0.2) is 85.6 Å². The summed E-state index contributed by atoms with van der Waals surface area (Å²) in [7, 11) is 3.60. The number of nitrogens with one attached hydrogen (secondary N) is 2. The van der Waals surface area contributed by atoms with Crippen LogP contribution in [0.15, 0.2) is 60.7 Å². The second-order valence-electron chi connectivity index (χ2n) is 12.8. The molecule has 0 spiro atoms. The maximum absolute atomic E-state index is 14.4. The normalized spacial score (nSPS) is 19.7. The Morgan fingerprint density at radius 2 is 1.76 bits per heavy atom. The van der Waals surface area contributed by atoms with Crippen molar-refractivity contribution in [3.05, 3.63) is 81.8 Å². The number of rotatable bonds is 9. The van der Waals surface area contributed by atoms with Gasteiger partial charge in [0.1, 0.15) is 11.5 Å². The Hall–Kier alpha value is -3.54. The number of halogens is 2. The number of amides is 3. The molecule has 12 heteroatoms. The number of anilines is 2. The fraction of sp³-hybridized carbons (Fsp3) is 0.459. The van der Waals surface area contributed by atoms with E-state index in [9.17, 15) is 14.7 Å². The molecular weight excluding hydrogens is 667 g/mol. The van der Waals surface area contributed by atoms with Gasteiger partial charge >= 0.3 is 6.03 Å². The number of nitrogens with zero attached hydrogens (tertiary/aromatic N) is 2. The zero-order valence-electron chi connectivity index (χ0n) is 28.9. The van der Waals surface area contributed by atoms with Gasteiger partial charge in [-0.2, -0.15) is 0 Å². The Morgan fingerprint density at radius 3 is 2.45 bits per heavy atom. The smallest absolute Gasteiger partial charge is 0.323 e. The molecule has 49 heavy (non-hydrogen) atoms. The van der Waals surface area contributed by atoms with E-state index in [-0.39, 0.29) is 30.6 Å².